The van der Waals surface area contributed by atoms with Gasteiger partial charge >= 0.3 is 0 Å². The van der Waals surface area contributed by atoms with E-state index < -0.39 is 10.0 Å². The molecule has 0 bridgehead atoms. The first-order valence-corrected chi connectivity index (χ1v) is 7.90. The first-order valence-electron chi connectivity index (χ1n) is 6.42. The zero-order chi connectivity index (χ0) is 15.6. The van der Waals surface area contributed by atoms with E-state index in [1.165, 1.54) is 24.3 Å². The van der Waals surface area contributed by atoms with Crippen molar-refractivity contribution in [3.05, 3.63) is 58.9 Å². The van der Waals surface area contributed by atoms with Crippen LogP contribution in [0.2, 0.25) is 0 Å². The third kappa shape index (κ3) is 3.40. The minimum Gasteiger partial charge on any atom is -0.326 e. The van der Waals surface area contributed by atoms with Gasteiger partial charge in [0.15, 0.2) is 0 Å². The van der Waals surface area contributed by atoms with Crippen molar-refractivity contribution in [2.45, 2.75) is 25.3 Å². The molecule has 0 aliphatic heterocycles. The maximum absolute atomic E-state index is 13.2. The Bertz CT molecular complexity index is 773. The lowest BCUT2D eigenvalue weighted by molar-refractivity contribution is 0.600. The fourth-order valence-corrected chi connectivity index (χ4v) is 3.12. The predicted molar refractivity (Wildman–Crippen MR) is 81.0 cm³/mol. The van der Waals surface area contributed by atoms with E-state index in [0.717, 1.165) is 11.1 Å². The van der Waals surface area contributed by atoms with Crippen LogP contribution < -0.4 is 10.5 Å². The molecule has 2 aromatic rings. The molecule has 3 N–H and O–H groups in total. The van der Waals surface area contributed by atoms with Gasteiger partial charge in [-0.1, -0.05) is 6.07 Å². The lowest BCUT2D eigenvalue weighted by atomic mass is 10.1. The van der Waals surface area contributed by atoms with Gasteiger partial charge in [0.1, 0.15) is 5.82 Å². The molecule has 0 amide bonds. The van der Waals surface area contributed by atoms with Gasteiger partial charge in [0.05, 0.1) is 4.90 Å². The molecular weight excluding hydrogens is 291 g/mol. The molecule has 21 heavy (non-hydrogen) atoms. The van der Waals surface area contributed by atoms with Crippen LogP contribution >= 0.6 is 0 Å². The van der Waals surface area contributed by atoms with Crippen LogP contribution in [0.1, 0.15) is 16.7 Å². The third-order valence-electron chi connectivity index (χ3n) is 3.25. The van der Waals surface area contributed by atoms with Crippen LogP contribution in [-0.4, -0.2) is 8.42 Å². The standard InChI is InChI=1S/C15H17FN2O2S/c1-10-8-14(5-3-12(10)9-17)21(19,20)18-13-4-6-15(16)11(2)7-13/h3-8,18H,9,17H2,1-2H3. The van der Waals surface area contributed by atoms with Crippen molar-refractivity contribution in [2.24, 2.45) is 5.73 Å². The summed E-state index contributed by atoms with van der Waals surface area (Å²) in [5, 5.41) is 0. The summed E-state index contributed by atoms with van der Waals surface area (Å²) in [6.07, 6.45) is 0. The number of hydrogen-bond donors (Lipinski definition) is 2. The number of halogens is 1. The van der Waals surface area contributed by atoms with Crippen LogP contribution in [0.15, 0.2) is 41.3 Å². The lowest BCUT2D eigenvalue weighted by Gasteiger charge is -2.11. The van der Waals surface area contributed by atoms with E-state index in [9.17, 15) is 12.8 Å². The smallest absolute Gasteiger partial charge is 0.261 e. The maximum Gasteiger partial charge on any atom is 0.261 e. The van der Waals surface area contributed by atoms with Crippen LogP contribution in [0, 0.1) is 19.7 Å². The number of nitrogens with two attached hydrogens (primary N) is 1. The molecule has 0 aliphatic rings. The normalized spacial score (nSPS) is 11.4. The summed E-state index contributed by atoms with van der Waals surface area (Å²) in [7, 11) is -3.70. The summed E-state index contributed by atoms with van der Waals surface area (Å²) >= 11 is 0. The van der Waals surface area contributed by atoms with E-state index >= 15 is 0 Å². The summed E-state index contributed by atoms with van der Waals surface area (Å²) < 4.78 is 40.3. The predicted octanol–water partition coefficient (Wildman–Crippen LogP) is 2.70. The molecule has 0 heterocycles. The number of nitrogens with one attached hydrogen (secondary N) is 1. The largest absolute Gasteiger partial charge is 0.326 e. The van der Waals surface area contributed by atoms with E-state index in [0.29, 0.717) is 17.8 Å². The van der Waals surface area contributed by atoms with E-state index in [1.807, 2.05) is 6.92 Å². The van der Waals surface area contributed by atoms with Crippen LogP contribution in [0.4, 0.5) is 10.1 Å². The van der Waals surface area contributed by atoms with Crippen molar-refractivity contribution >= 4 is 15.7 Å². The number of benzene rings is 2. The van der Waals surface area contributed by atoms with Crippen molar-refractivity contribution in [1.29, 1.82) is 0 Å². The Balaban J connectivity index is 2.33. The Labute approximate surface area is 123 Å². The van der Waals surface area contributed by atoms with Crippen molar-refractivity contribution in [1.82, 2.24) is 0 Å². The zero-order valence-electron chi connectivity index (χ0n) is 11.9. The minimum absolute atomic E-state index is 0.152. The molecule has 2 aromatic carbocycles. The van der Waals surface area contributed by atoms with Gasteiger partial charge in [0, 0.05) is 12.2 Å². The quantitative estimate of drug-likeness (QED) is 0.912. The van der Waals surface area contributed by atoms with Gasteiger partial charge in [-0.25, -0.2) is 12.8 Å². The molecule has 0 aromatic heterocycles. The number of anilines is 1. The first kappa shape index (κ1) is 15.5. The van der Waals surface area contributed by atoms with Gasteiger partial charge in [-0.15, -0.1) is 0 Å². The second kappa shape index (κ2) is 5.83. The monoisotopic (exact) mass is 308 g/mol. The average molecular weight is 308 g/mol. The Morgan fingerprint density at radius 3 is 2.38 bits per heavy atom. The average Bonchev–Trinajstić information content (AvgIpc) is 2.42. The van der Waals surface area contributed by atoms with E-state index in [-0.39, 0.29) is 10.7 Å². The molecule has 112 valence electrons. The van der Waals surface area contributed by atoms with Gasteiger partial charge in [0.2, 0.25) is 0 Å². The molecule has 0 spiro atoms. The topological polar surface area (TPSA) is 72.2 Å². The van der Waals surface area contributed by atoms with Gasteiger partial charge in [-0.3, -0.25) is 4.72 Å². The summed E-state index contributed by atoms with van der Waals surface area (Å²) in [6, 6.07) is 8.85. The van der Waals surface area contributed by atoms with Crippen LogP contribution in [0.5, 0.6) is 0 Å². The minimum atomic E-state index is -3.70. The Hall–Kier alpha value is -1.92. The van der Waals surface area contributed by atoms with Crippen molar-refractivity contribution in [3.8, 4) is 0 Å². The summed E-state index contributed by atoms with van der Waals surface area (Å²) in [4.78, 5) is 0.152. The molecule has 0 saturated heterocycles. The number of sulfonamides is 1. The van der Waals surface area contributed by atoms with Crippen molar-refractivity contribution in [2.75, 3.05) is 4.72 Å². The first-order chi connectivity index (χ1) is 9.83. The SMILES string of the molecule is Cc1cc(NS(=O)(=O)c2ccc(CN)c(C)c2)ccc1F. The van der Waals surface area contributed by atoms with Crippen LogP contribution in [0.25, 0.3) is 0 Å². The number of rotatable bonds is 4. The molecular formula is C15H17FN2O2S. The fourth-order valence-electron chi connectivity index (χ4n) is 1.99. The summed E-state index contributed by atoms with van der Waals surface area (Å²) in [6.45, 7) is 3.74. The van der Waals surface area contributed by atoms with E-state index in [4.69, 9.17) is 5.73 Å². The highest BCUT2D eigenvalue weighted by atomic mass is 32.2. The van der Waals surface area contributed by atoms with Gasteiger partial charge in [0.25, 0.3) is 10.0 Å². The van der Waals surface area contributed by atoms with E-state index in [2.05, 4.69) is 4.72 Å². The molecule has 0 atom stereocenters. The summed E-state index contributed by atoms with van der Waals surface area (Å²) in [5.41, 5.74) is 7.98. The zero-order valence-corrected chi connectivity index (χ0v) is 12.7. The van der Waals surface area contributed by atoms with Gasteiger partial charge in [-0.2, -0.15) is 0 Å². The highest BCUT2D eigenvalue weighted by Gasteiger charge is 2.15. The Kier molecular flexibility index (Phi) is 4.29. The molecule has 6 heteroatoms. The van der Waals surface area contributed by atoms with Crippen molar-refractivity contribution in [3.63, 3.8) is 0 Å². The van der Waals surface area contributed by atoms with Gasteiger partial charge in [-0.05, 0) is 60.9 Å². The van der Waals surface area contributed by atoms with Gasteiger partial charge < -0.3 is 5.73 Å². The molecule has 4 nitrogen and oxygen atoms in total. The van der Waals surface area contributed by atoms with Crippen LogP contribution in [-0.2, 0) is 16.6 Å². The lowest BCUT2D eigenvalue weighted by Crippen LogP contribution is -2.14. The molecule has 0 aliphatic carbocycles. The number of hydrogen-bond acceptors (Lipinski definition) is 3. The second-order valence-electron chi connectivity index (χ2n) is 4.86. The molecule has 0 radical (unpaired) electrons. The fraction of sp³-hybridized carbons (Fsp3) is 0.200. The highest BCUT2D eigenvalue weighted by Crippen LogP contribution is 2.20. The summed E-state index contributed by atoms with van der Waals surface area (Å²) in [5.74, 6) is -0.374. The number of aryl methyl sites for hydroxylation is 2. The molecule has 0 saturated carbocycles. The molecule has 0 unspecified atom stereocenters. The third-order valence-corrected chi connectivity index (χ3v) is 4.63. The Morgan fingerprint density at radius 1 is 1.10 bits per heavy atom. The van der Waals surface area contributed by atoms with E-state index in [1.54, 1.807) is 19.1 Å². The highest BCUT2D eigenvalue weighted by molar-refractivity contribution is 7.92. The molecule has 2 rings (SSSR count). The molecule has 0 fully saturated rings. The maximum atomic E-state index is 13.2. The van der Waals surface area contributed by atoms with Crippen LogP contribution in [0.3, 0.4) is 0 Å². The second-order valence-corrected chi connectivity index (χ2v) is 6.54. The Morgan fingerprint density at radius 2 is 1.81 bits per heavy atom. The van der Waals surface area contributed by atoms with Crippen molar-refractivity contribution < 1.29 is 12.8 Å².